The van der Waals surface area contributed by atoms with Gasteiger partial charge in [0, 0.05) is 18.1 Å². The molecule has 0 aromatic heterocycles. The number of carboxylic acids is 1. The Morgan fingerprint density at radius 1 is 1.29 bits per heavy atom. The molecule has 0 saturated heterocycles. The molecule has 0 spiro atoms. The number of hydrogen-bond donors (Lipinski definition) is 2. The average Bonchev–Trinajstić information content (AvgIpc) is 3.00. The summed E-state index contributed by atoms with van der Waals surface area (Å²) in [6.45, 7) is 4.07. The lowest BCUT2D eigenvalue weighted by Gasteiger charge is -2.16. The molecule has 2 aromatic rings. The van der Waals surface area contributed by atoms with Gasteiger partial charge in [-0.15, -0.1) is 0 Å². The van der Waals surface area contributed by atoms with Gasteiger partial charge in [-0.05, 0) is 38.1 Å². The lowest BCUT2D eigenvalue weighted by Crippen LogP contribution is -2.16. The first-order valence-corrected chi connectivity index (χ1v) is 10.1. The van der Waals surface area contributed by atoms with Crippen LogP contribution in [0.15, 0.2) is 35.2 Å². The van der Waals surface area contributed by atoms with E-state index in [0.717, 1.165) is 11.6 Å². The number of fused-ring (bicyclic) bond motifs is 1. The molecule has 1 aliphatic heterocycles. The number of anilines is 1. The zero-order chi connectivity index (χ0) is 20.5. The van der Waals surface area contributed by atoms with Crippen molar-refractivity contribution in [1.82, 2.24) is 0 Å². The Morgan fingerprint density at radius 3 is 2.68 bits per heavy atom. The van der Waals surface area contributed by atoms with Gasteiger partial charge in [0.15, 0.2) is 0 Å². The molecule has 0 amide bonds. The fourth-order valence-electron chi connectivity index (χ4n) is 3.01. The Balaban J connectivity index is 2.05. The molecule has 1 atom stereocenters. The Labute approximate surface area is 163 Å². The third kappa shape index (κ3) is 3.84. The van der Waals surface area contributed by atoms with Crippen molar-refractivity contribution in [2.24, 2.45) is 0 Å². The highest BCUT2D eigenvalue weighted by molar-refractivity contribution is 7.92. The summed E-state index contributed by atoms with van der Waals surface area (Å²) in [4.78, 5) is 11.0. The molecule has 0 bridgehead atoms. The Kier molecular flexibility index (Phi) is 5.37. The highest BCUT2D eigenvalue weighted by Gasteiger charge is 2.26. The van der Waals surface area contributed by atoms with E-state index in [4.69, 9.17) is 14.2 Å². The number of ether oxygens (including phenoxy) is 3. The van der Waals surface area contributed by atoms with E-state index in [1.165, 1.54) is 19.2 Å². The number of sulfonamides is 1. The molecule has 28 heavy (non-hydrogen) atoms. The zero-order valence-corrected chi connectivity index (χ0v) is 16.5. The van der Waals surface area contributed by atoms with Gasteiger partial charge >= 0.3 is 5.97 Å². The second kappa shape index (κ2) is 7.59. The summed E-state index contributed by atoms with van der Waals surface area (Å²) in [5, 5.41) is 9.18. The van der Waals surface area contributed by atoms with Crippen LogP contribution in [0.25, 0.3) is 0 Å². The lowest BCUT2D eigenvalue weighted by atomic mass is 10.1. The van der Waals surface area contributed by atoms with Gasteiger partial charge in [-0.25, -0.2) is 13.2 Å². The van der Waals surface area contributed by atoms with E-state index in [-0.39, 0.29) is 28.0 Å². The normalized spacial score (nSPS) is 15.5. The molecule has 9 heteroatoms. The molecular formula is C19H21NO7S. The monoisotopic (exact) mass is 407 g/mol. The van der Waals surface area contributed by atoms with Crippen LogP contribution >= 0.6 is 0 Å². The number of carbonyl (C=O) groups is 1. The van der Waals surface area contributed by atoms with Crippen molar-refractivity contribution in [1.29, 1.82) is 0 Å². The number of carboxylic acid groups (broad SMARTS) is 1. The van der Waals surface area contributed by atoms with E-state index in [2.05, 4.69) is 4.72 Å². The third-order valence-corrected chi connectivity index (χ3v) is 5.63. The molecule has 150 valence electrons. The lowest BCUT2D eigenvalue weighted by molar-refractivity contribution is 0.0696. The van der Waals surface area contributed by atoms with Crippen LogP contribution in [0.5, 0.6) is 17.2 Å². The topological polar surface area (TPSA) is 111 Å². The minimum atomic E-state index is -4.16. The molecule has 0 unspecified atom stereocenters. The van der Waals surface area contributed by atoms with Crippen LogP contribution in [0.3, 0.4) is 0 Å². The van der Waals surface area contributed by atoms with Gasteiger partial charge in [-0.1, -0.05) is 0 Å². The predicted octanol–water partition coefficient (Wildman–Crippen LogP) is 2.92. The predicted molar refractivity (Wildman–Crippen MR) is 102 cm³/mol. The van der Waals surface area contributed by atoms with Crippen molar-refractivity contribution >= 4 is 21.7 Å². The number of aromatic carboxylic acids is 1. The summed E-state index contributed by atoms with van der Waals surface area (Å²) in [6.07, 6.45) is 0.695. The van der Waals surface area contributed by atoms with Crippen LogP contribution < -0.4 is 18.9 Å². The van der Waals surface area contributed by atoms with Crippen molar-refractivity contribution in [3.8, 4) is 17.2 Å². The number of methoxy groups -OCH3 is 1. The zero-order valence-electron chi connectivity index (χ0n) is 15.7. The molecule has 0 saturated carbocycles. The van der Waals surface area contributed by atoms with Gasteiger partial charge in [-0.3, -0.25) is 4.72 Å². The van der Waals surface area contributed by atoms with E-state index in [9.17, 15) is 18.3 Å². The van der Waals surface area contributed by atoms with Crippen molar-refractivity contribution in [2.45, 2.75) is 31.3 Å². The Hall–Kier alpha value is -2.94. The van der Waals surface area contributed by atoms with Gasteiger partial charge in [0.05, 0.1) is 25.0 Å². The maximum Gasteiger partial charge on any atom is 0.335 e. The minimum Gasteiger partial charge on any atom is -0.495 e. The smallest absolute Gasteiger partial charge is 0.335 e. The second-order valence-electron chi connectivity index (χ2n) is 6.30. The molecule has 0 aliphatic carbocycles. The standard InChI is InChI=1S/C19H21NO7S/c1-4-26-17-8-13-7-11(2)27-16(13)10-14(17)20-28(23,24)18-9-12(19(21)22)5-6-15(18)25-3/h5-6,8-11,20H,4,7H2,1-3H3,(H,21,22)/t11-/m1/s1. The molecule has 3 rings (SSSR count). The maximum absolute atomic E-state index is 13.0. The van der Waals surface area contributed by atoms with E-state index >= 15 is 0 Å². The SMILES string of the molecule is CCOc1cc2c(cc1NS(=O)(=O)c1cc(C(=O)O)ccc1OC)O[C@H](C)C2. The van der Waals surface area contributed by atoms with E-state index in [1.54, 1.807) is 19.1 Å². The first kappa shape index (κ1) is 19.8. The van der Waals surface area contributed by atoms with Crippen molar-refractivity contribution in [3.63, 3.8) is 0 Å². The summed E-state index contributed by atoms with van der Waals surface area (Å²) in [6, 6.07) is 6.96. The van der Waals surface area contributed by atoms with Crippen LogP contribution in [0.1, 0.15) is 29.8 Å². The Morgan fingerprint density at radius 2 is 2.04 bits per heavy atom. The maximum atomic E-state index is 13.0. The summed E-state index contributed by atoms with van der Waals surface area (Å²) in [7, 11) is -2.85. The quantitative estimate of drug-likeness (QED) is 0.726. The van der Waals surface area contributed by atoms with Gasteiger partial charge in [0.25, 0.3) is 10.0 Å². The molecule has 8 nitrogen and oxygen atoms in total. The summed E-state index contributed by atoms with van der Waals surface area (Å²) >= 11 is 0. The van der Waals surface area contributed by atoms with Crippen LogP contribution in [0.2, 0.25) is 0 Å². The van der Waals surface area contributed by atoms with Gasteiger partial charge in [0.1, 0.15) is 28.2 Å². The Bertz CT molecular complexity index is 1020. The van der Waals surface area contributed by atoms with Gasteiger partial charge in [-0.2, -0.15) is 0 Å². The summed E-state index contributed by atoms with van der Waals surface area (Å²) in [5.74, 6) is -0.258. The van der Waals surface area contributed by atoms with Gasteiger partial charge < -0.3 is 19.3 Å². The number of nitrogens with one attached hydrogen (secondary N) is 1. The van der Waals surface area contributed by atoms with E-state index in [0.29, 0.717) is 24.5 Å². The molecule has 2 aromatic carbocycles. The molecule has 0 fully saturated rings. The van der Waals surface area contributed by atoms with E-state index < -0.39 is 16.0 Å². The molecule has 0 radical (unpaired) electrons. The van der Waals surface area contributed by atoms with Gasteiger partial charge in [0.2, 0.25) is 0 Å². The van der Waals surface area contributed by atoms with Crippen LogP contribution in [0, 0.1) is 0 Å². The van der Waals surface area contributed by atoms with Crippen molar-refractivity contribution < 1.29 is 32.5 Å². The fraction of sp³-hybridized carbons (Fsp3) is 0.316. The van der Waals surface area contributed by atoms with Crippen molar-refractivity contribution in [2.75, 3.05) is 18.4 Å². The fourth-order valence-corrected chi connectivity index (χ4v) is 4.27. The molecular weight excluding hydrogens is 386 g/mol. The summed E-state index contributed by atoms with van der Waals surface area (Å²) in [5.41, 5.74) is 0.971. The van der Waals surface area contributed by atoms with Crippen molar-refractivity contribution in [3.05, 3.63) is 41.5 Å². The molecule has 2 N–H and O–H groups in total. The molecule has 1 aliphatic rings. The molecule has 1 heterocycles. The first-order valence-electron chi connectivity index (χ1n) is 8.65. The number of benzene rings is 2. The largest absolute Gasteiger partial charge is 0.495 e. The number of rotatable bonds is 7. The highest BCUT2D eigenvalue weighted by Crippen LogP contribution is 2.39. The van der Waals surface area contributed by atoms with E-state index in [1.807, 2.05) is 6.92 Å². The van der Waals surface area contributed by atoms with Crippen LogP contribution in [-0.2, 0) is 16.4 Å². The highest BCUT2D eigenvalue weighted by atomic mass is 32.2. The summed E-state index contributed by atoms with van der Waals surface area (Å²) < 4.78 is 44.9. The number of hydrogen-bond acceptors (Lipinski definition) is 6. The third-order valence-electron chi connectivity index (χ3n) is 4.24. The average molecular weight is 407 g/mol. The van der Waals surface area contributed by atoms with Crippen LogP contribution in [0.4, 0.5) is 5.69 Å². The minimum absolute atomic E-state index is 0.0105. The first-order chi connectivity index (χ1) is 13.2. The van der Waals surface area contributed by atoms with Crippen LogP contribution in [-0.4, -0.2) is 39.3 Å². The second-order valence-corrected chi connectivity index (χ2v) is 7.95.